The summed E-state index contributed by atoms with van der Waals surface area (Å²) in [5.74, 6) is -0.0517. The summed E-state index contributed by atoms with van der Waals surface area (Å²) in [6, 6.07) is 34.6. The molecule has 0 saturated heterocycles. The lowest BCUT2D eigenvalue weighted by Crippen LogP contribution is -2.42. The van der Waals surface area contributed by atoms with Crippen molar-refractivity contribution in [2.24, 2.45) is 0 Å². The third-order valence-corrected chi connectivity index (χ3v) is 7.80. The Morgan fingerprint density at radius 1 is 0.833 bits per heavy atom. The molecule has 6 heteroatoms. The van der Waals surface area contributed by atoms with Crippen molar-refractivity contribution in [1.29, 1.82) is 0 Å². The summed E-state index contributed by atoms with van der Waals surface area (Å²) in [6.07, 6.45) is 1.46. The topological polar surface area (TPSA) is 64.4 Å². The number of aromatic nitrogens is 2. The van der Waals surface area contributed by atoms with Crippen LogP contribution in [-0.4, -0.2) is 40.6 Å². The highest BCUT2D eigenvalue weighted by Crippen LogP contribution is 2.33. The van der Waals surface area contributed by atoms with Gasteiger partial charge in [-0.3, -0.25) is 14.2 Å². The smallest absolute Gasteiger partial charge is 0.266 e. The van der Waals surface area contributed by atoms with Crippen molar-refractivity contribution >= 4 is 16.8 Å². The quantitative estimate of drug-likeness (QED) is 0.181. The zero-order valence-corrected chi connectivity index (χ0v) is 24.4. The molecule has 0 bridgehead atoms. The van der Waals surface area contributed by atoms with Crippen LogP contribution in [-0.2, 0) is 16.0 Å². The Morgan fingerprint density at radius 2 is 1.43 bits per heavy atom. The van der Waals surface area contributed by atoms with Crippen LogP contribution < -0.4 is 5.56 Å². The van der Waals surface area contributed by atoms with Gasteiger partial charge in [-0.2, -0.15) is 0 Å². The van der Waals surface area contributed by atoms with E-state index >= 15 is 0 Å². The average molecular weight is 560 g/mol. The van der Waals surface area contributed by atoms with E-state index < -0.39 is 12.0 Å². The normalized spacial score (nSPS) is 12.0. The van der Waals surface area contributed by atoms with Crippen LogP contribution in [0.25, 0.3) is 16.6 Å². The molecule has 4 aromatic carbocycles. The van der Waals surface area contributed by atoms with E-state index in [1.165, 1.54) is 5.56 Å². The summed E-state index contributed by atoms with van der Waals surface area (Å²) in [4.78, 5) is 35.8. The molecule has 0 radical (unpaired) electrons. The number of benzene rings is 4. The van der Waals surface area contributed by atoms with Crippen LogP contribution in [0.1, 0.15) is 54.7 Å². The van der Waals surface area contributed by atoms with Crippen molar-refractivity contribution in [3.63, 3.8) is 0 Å². The Labute approximate surface area is 247 Å². The number of hydrogen-bond acceptors (Lipinski definition) is 4. The first kappa shape index (κ1) is 29.0. The van der Waals surface area contributed by atoms with Gasteiger partial charge in [0.05, 0.1) is 35.2 Å². The van der Waals surface area contributed by atoms with Gasteiger partial charge in [0.1, 0.15) is 5.82 Å². The summed E-state index contributed by atoms with van der Waals surface area (Å²) < 4.78 is 7.18. The molecule has 0 saturated carbocycles. The van der Waals surface area contributed by atoms with E-state index in [1.54, 1.807) is 17.7 Å². The Hall–Kier alpha value is -4.55. The van der Waals surface area contributed by atoms with Crippen molar-refractivity contribution in [3.05, 3.63) is 142 Å². The Bertz CT molecular complexity index is 1640. The molecular weight excluding hydrogens is 522 g/mol. The van der Waals surface area contributed by atoms with Gasteiger partial charge in [0.15, 0.2) is 0 Å². The molecule has 1 unspecified atom stereocenters. The third kappa shape index (κ3) is 5.90. The van der Waals surface area contributed by atoms with Crippen molar-refractivity contribution < 1.29 is 9.53 Å². The van der Waals surface area contributed by atoms with Crippen LogP contribution in [0.2, 0.25) is 0 Å². The van der Waals surface area contributed by atoms with Crippen LogP contribution in [0, 0.1) is 0 Å². The molecule has 0 spiro atoms. The first-order valence-electron chi connectivity index (χ1n) is 14.6. The number of nitrogens with zero attached hydrogens (tertiary/aromatic N) is 3. The van der Waals surface area contributed by atoms with E-state index in [4.69, 9.17) is 9.72 Å². The highest BCUT2D eigenvalue weighted by molar-refractivity contribution is 5.87. The minimum Gasteiger partial charge on any atom is -0.383 e. The molecule has 1 amide bonds. The third-order valence-electron chi connectivity index (χ3n) is 7.80. The number of fused-ring (bicyclic) bond motifs is 1. The predicted molar refractivity (Wildman–Crippen MR) is 168 cm³/mol. The summed E-state index contributed by atoms with van der Waals surface area (Å²) in [5.41, 5.74) is 4.18. The molecule has 42 heavy (non-hydrogen) atoms. The molecule has 1 aromatic heterocycles. The summed E-state index contributed by atoms with van der Waals surface area (Å²) in [6.45, 7) is 4.83. The van der Waals surface area contributed by atoms with Gasteiger partial charge in [0.2, 0.25) is 5.91 Å². The van der Waals surface area contributed by atoms with Crippen molar-refractivity contribution in [1.82, 2.24) is 14.5 Å². The van der Waals surface area contributed by atoms with E-state index in [2.05, 4.69) is 6.92 Å². The number of para-hydroxylation sites is 1. The molecule has 5 rings (SSSR count). The maximum Gasteiger partial charge on any atom is 0.266 e. The van der Waals surface area contributed by atoms with E-state index in [-0.39, 0.29) is 11.5 Å². The summed E-state index contributed by atoms with van der Waals surface area (Å²) in [7, 11) is 1.63. The van der Waals surface area contributed by atoms with Gasteiger partial charge in [0, 0.05) is 13.7 Å². The second-order valence-corrected chi connectivity index (χ2v) is 10.4. The Morgan fingerprint density at radius 3 is 2.00 bits per heavy atom. The lowest BCUT2D eigenvalue weighted by molar-refractivity contribution is -0.135. The number of ether oxygens (including phenoxy) is 1. The first-order chi connectivity index (χ1) is 20.6. The fourth-order valence-electron chi connectivity index (χ4n) is 5.59. The molecule has 0 aliphatic rings. The summed E-state index contributed by atoms with van der Waals surface area (Å²) >= 11 is 0. The number of aryl methyl sites for hydroxylation is 1. The average Bonchev–Trinajstić information content (AvgIpc) is 3.04. The Kier molecular flexibility index (Phi) is 9.25. The predicted octanol–water partition coefficient (Wildman–Crippen LogP) is 6.71. The van der Waals surface area contributed by atoms with E-state index in [9.17, 15) is 9.59 Å². The van der Waals surface area contributed by atoms with Gasteiger partial charge >= 0.3 is 0 Å². The highest BCUT2D eigenvalue weighted by atomic mass is 16.5. The van der Waals surface area contributed by atoms with Gasteiger partial charge in [0.25, 0.3) is 5.56 Å². The van der Waals surface area contributed by atoms with Crippen molar-refractivity contribution in [3.8, 4) is 5.69 Å². The fourth-order valence-corrected chi connectivity index (χ4v) is 5.59. The zero-order chi connectivity index (χ0) is 29.5. The lowest BCUT2D eigenvalue weighted by atomic mass is 9.89. The molecule has 0 fully saturated rings. The SMILES string of the molecule is CCc1ccc(-n2c(C(CC)N(CCOC)C(=O)C(c3ccccc3)c3ccccc3)nc3ccccc3c2=O)cc1. The van der Waals surface area contributed by atoms with Gasteiger partial charge in [-0.25, -0.2) is 4.98 Å². The highest BCUT2D eigenvalue weighted by Gasteiger charge is 2.34. The number of rotatable bonds is 11. The van der Waals surface area contributed by atoms with Crippen molar-refractivity contribution in [2.75, 3.05) is 20.3 Å². The van der Waals surface area contributed by atoms with Gasteiger partial charge in [-0.1, -0.05) is 98.8 Å². The first-order valence-corrected chi connectivity index (χ1v) is 14.6. The number of amides is 1. The van der Waals surface area contributed by atoms with Gasteiger partial charge in [-0.15, -0.1) is 0 Å². The van der Waals surface area contributed by atoms with Gasteiger partial charge in [-0.05, 0) is 53.8 Å². The molecule has 1 heterocycles. The monoisotopic (exact) mass is 559 g/mol. The molecule has 0 N–H and O–H groups in total. The number of carbonyl (C=O) groups excluding carboxylic acids is 1. The largest absolute Gasteiger partial charge is 0.383 e. The molecular formula is C36H37N3O3. The molecule has 6 nitrogen and oxygen atoms in total. The minimum absolute atomic E-state index is 0.0633. The fraction of sp³-hybridized carbons (Fsp3) is 0.250. The molecule has 1 atom stereocenters. The van der Waals surface area contributed by atoms with E-state index in [0.29, 0.717) is 36.3 Å². The molecule has 0 aliphatic heterocycles. The number of methoxy groups -OCH3 is 1. The molecule has 5 aromatic rings. The van der Waals surface area contributed by atoms with Crippen molar-refractivity contribution in [2.45, 2.75) is 38.6 Å². The van der Waals surface area contributed by atoms with Crippen LogP contribution in [0.5, 0.6) is 0 Å². The molecule has 0 aliphatic carbocycles. The second kappa shape index (κ2) is 13.4. The maximum atomic E-state index is 14.8. The number of hydrogen-bond donors (Lipinski definition) is 0. The van der Waals surface area contributed by atoms with Crippen LogP contribution in [0.15, 0.2) is 114 Å². The lowest BCUT2D eigenvalue weighted by Gasteiger charge is -2.35. The second-order valence-electron chi connectivity index (χ2n) is 10.4. The van der Waals surface area contributed by atoms with Crippen LogP contribution >= 0.6 is 0 Å². The zero-order valence-electron chi connectivity index (χ0n) is 24.4. The van der Waals surface area contributed by atoms with E-state index in [0.717, 1.165) is 23.2 Å². The van der Waals surface area contributed by atoms with E-state index in [1.807, 2.05) is 115 Å². The van der Waals surface area contributed by atoms with Crippen LogP contribution in [0.3, 0.4) is 0 Å². The Balaban J connectivity index is 1.71. The summed E-state index contributed by atoms with van der Waals surface area (Å²) in [5, 5.41) is 0.539. The molecule has 214 valence electrons. The maximum absolute atomic E-state index is 14.8. The van der Waals surface area contributed by atoms with Gasteiger partial charge < -0.3 is 9.64 Å². The standard InChI is InChI=1S/C36H37N3O3/c1-4-26-20-22-29(23-21-26)39-34(37-31-19-13-12-18-30(31)35(39)40)32(5-2)38(24-25-42-3)36(41)33(27-14-8-6-9-15-27)28-16-10-7-11-17-28/h6-23,32-33H,4-5,24-25H2,1-3H3. The number of carbonyl (C=O) groups is 1. The minimum atomic E-state index is -0.525. The van der Waals surface area contributed by atoms with Crippen LogP contribution in [0.4, 0.5) is 0 Å².